The number of aryl methyl sites for hydroxylation is 1. The summed E-state index contributed by atoms with van der Waals surface area (Å²) < 4.78 is 15.3. The highest BCUT2D eigenvalue weighted by Crippen LogP contribution is 2.20. The van der Waals surface area contributed by atoms with Crippen molar-refractivity contribution in [1.29, 1.82) is 0 Å². The van der Waals surface area contributed by atoms with Gasteiger partial charge in [-0.15, -0.1) is 0 Å². The Balaban J connectivity index is 1.90. The van der Waals surface area contributed by atoms with Gasteiger partial charge in [0.1, 0.15) is 5.82 Å². The zero-order chi connectivity index (χ0) is 17.3. The Bertz CT molecular complexity index is 934. The summed E-state index contributed by atoms with van der Waals surface area (Å²) in [4.78, 5) is 14.4. The minimum atomic E-state index is -0.357. The second-order valence-corrected chi connectivity index (χ2v) is 6.20. The van der Waals surface area contributed by atoms with Gasteiger partial charge in [0.2, 0.25) is 0 Å². The van der Waals surface area contributed by atoms with Gasteiger partial charge in [0.25, 0.3) is 5.56 Å². The van der Waals surface area contributed by atoms with Crippen LogP contribution in [-0.4, -0.2) is 21.7 Å². The Morgan fingerprint density at radius 2 is 1.88 bits per heavy atom. The van der Waals surface area contributed by atoms with E-state index in [2.05, 4.69) is 5.10 Å². The first kappa shape index (κ1) is 16.6. The van der Waals surface area contributed by atoms with Crippen molar-refractivity contribution in [1.82, 2.24) is 14.7 Å². The van der Waals surface area contributed by atoms with Crippen LogP contribution in [0.3, 0.4) is 0 Å². The molecule has 0 atom stereocenters. The predicted molar refractivity (Wildman–Crippen MR) is 93.6 cm³/mol. The van der Waals surface area contributed by atoms with Crippen molar-refractivity contribution >= 4 is 22.4 Å². The third kappa shape index (κ3) is 3.18. The zero-order valence-electron chi connectivity index (χ0n) is 13.5. The molecule has 3 aromatic rings. The smallest absolute Gasteiger partial charge is 0.275 e. The van der Waals surface area contributed by atoms with Crippen molar-refractivity contribution in [3.05, 3.63) is 74.9 Å². The molecule has 0 unspecified atom stereocenters. The number of fused-ring (bicyclic) bond motifs is 1. The van der Waals surface area contributed by atoms with Gasteiger partial charge in [0.15, 0.2) is 0 Å². The fourth-order valence-electron chi connectivity index (χ4n) is 2.73. The highest BCUT2D eigenvalue weighted by molar-refractivity contribution is 6.31. The number of aromatic nitrogens is 2. The second kappa shape index (κ2) is 6.71. The molecule has 0 N–H and O–H groups in total. The normalized spacial score (nSPS) is 11.4. The van der Waals surface area contributed by atoms with E-state index in [0.29, 0.717) is 16.0 Å². The van der Waals surface area contributed by atoms with E-state index < -0.39 is 0 Å². The van der Waals surface area contributed by atoms with E-state index in [0.717, 1.165) is 11.1 Å². The molecule has 4 nitrogen and oxygen atoms in total. The molecule has 24 heavy (non-hydrogen) atoms. The van der Waals surface area contributed by atoms with Gasteiger partial charge >= 0.3 is 0 Å². The summed E-state index contributed by atoms with van der Waals surface area (Å²) in [7, 11) is 1.79. The summed E-state index contributed by atoms with van der Waals surface area (Å²) in [5.41, 5.74) is 1.03. The molecule has 0 spiro atoms. The van der Waals surface area contributed by atoms with Crippen LogP contribution in [0.5, 0.6) is 0 Å². The highest BCUT2D eigenvalue weighted by atomic mass is 35.5. The lowest BCUT2D eigenvalue weighted by Gasteiger charge is -2.19. The van der Waals surface area contributed by atoms with Crippen LogP contribution in [0.1, 0.15) is 11.3 Å². The predicted octanol–water partition coefficient (Wildman–Crippen LogP) is 3.59. The van der Waals surface area contributed by atoms with E-state index in [1.54, 1.807) is 30.1 Å². The third-order valence-corrected chi connectivity index (χ3v) is 4.27. The molecule has 0 radical (unpaired) electrons. The highest BCUT2D eigenvalue weighted by Gasteiger charge is 2.12. The molecular formula is C18H17ClFN3O. The van der Waals surface area contributed by atoms with Gasteiger partial charge < -0.3 is 0 Å². The first-order valence-corrected chi connectivity index (χ1v) is 7.93. The van der Waals surface area contributed by atoms with Crippen LogP contribution in [0.4, 0.5) is 4.39 Å². The van der Waals surface area contributed by atoms with E-state index in [1.807, 2.05) is 25.1 Å². The summed E-state index contributed by atoms with van der Waals surface area (Å²) in [6.45, 7) is 2.40. The number of rotatable bonds is 4. The van der Waals surface area contributed by atoms with Crippen LogP contribution in [0.25, 0.3) is 10.8 Å². The average molecular weight is 346 g/mol. The van der Waals surface area contributed by atoms with E-state index in [-0.39, 0.29) is 24.6 Å². The topological polar surface area (TPSA) is 38.1 Å². The van der Waals surface area contributed by atoms with Crippen molar-refractivity contribution in [2.45, 2.75) is 20.1 Å². The van der Waals surface area contributed by atoms with Crippen LogP contribution in [0, 0.1) is 12.7 Å². The van der Waals surface area contributed by atoms with Crippen molar-refractivity contribution < 1.29 is 4.39 Å². The van der Waals surface area contributed by atoms with E-state index in [1.165, 1.54) is 10.7 Å². The molecule has 0 bridgehead atoms. The van der Waals surface area contributed by atoms with Crippen molar-refractivity contribution in [2.24, 2.45) is 0 Å². The minimum absolute atomic E-state index is 0.164. The molecule has 1 heterocycles. The standard InChI is InChI=1S/C18H17ClFN3O/c1-12-13-6-3-4-7-14(13)18(24)23(21-12)11-22(2)10-15-16(19)8-5-9-17(15)20/h3-9H,10-11H2,1-2H3. The van der Waals surface area contributed by atoms with Crippen molar-refractivity contribution in [2.75, 3.05) is 7.05 Å². The lowest BCUT2D eigenvalue weighted by Crippen LogP contribution is -2.32. The van der Waals surface area contributed by atoms with Gasteiger partial charge in [-0.1, -0.05) is 35.9 Å². The zero-order valence-corrected chi connectivity index (χ0v) is 14.2. The maximum Gasteiger partial charge on any atom is 0.275 e. The first-order chi connectivity index (χ1) is 11.5. The molecule has 3 rings (SSSR count). The Morgan fingerprint density at radius 1 is 1.17 bits per heavy atom. The first-order valence-electron chi connectivity index (χ1n) is 7.55. The van der Waals surface area contributed by atoms with Gasteiger partial charge in [-0.2, -0.15) is 5.10 Å². The molecule has 124 valence electrons. The Hall–Kier alpha value is -2.24. The molecule has 0 fully saturated rings. The summed E-state index contributed by atoms with van der Waals surface area (Å²) >= 11 is 6.06. The molecule has 0 aliphatic heterocycles. The van der Waals surface area contributed by atoms with Crippen LogP contribution >= 0.6 is 11.6 Å². The quantitative estimate of drug-likeness (QED) is 0.725. The Kier molecular flexibility index (Phi) is 4.64. The summed E-state index contributed by atoms with van der Waals surface area (Å²) in [5, 5.41) is 6.21. The van der Waals surface area contributed by atoms with Crippen LogP contribution < -0.4 is 5.56 Å². The molecule has 0 aliphatic carbocycles. The van der Waals surface area contributed by atoms with Gasteiger partial charge in [-0.05, 0) is 32.2 Å². The molecule has 0 saturated heterocycles. The fourth-order valence-corrected chi connectivity index (χ4v) is 2.96. The van der Waals surface area contributed by atoms with E-state index in [9.17, 15) is 9.18 Å². The molecule has 6 heteroatoms. The molecule has 0 saturated carbocycles. The number of hydrogen-bond donors (Lipinski definition) is 0. The van der Waals surface area contributed by atoms with E-state index in [4.69, 9.17) is 11.6 Å². The van der Waals surface area contributed by atoms with Crippen molar-refractivity contribution in [3.8, 4) is 0 Å². The maximum absolute atomic E-state index is 13.9. The minimum Gasteiger partial charge on any atom is -0.283 e. The van der Waals surface area contributed by atoms with Gasteiger partial charge in [0.05, 0.1) is 17.7 Å². The molecule has 1 aromatic heterocycles. The number of nitrogens with zero attached hydrogens (tertiary/aromatic N) is 3. The third-order valence-electron chi connectivity index (χ3n) is 3.92. The SMILES string of the molecule is Cc1nn(CN(C)Cc2c(F)cccc2Cl)c(=O)c2ccccc12. The fraction of sp³-hybridized carbons (Fsp3) is 0.222. The molecular weight excluding hydrogens is 329 g/mol. The molecule has 0 aliphatic rings. The van der Waals surface area contributed by atoms with E-state index >= 15 is 0 Å². The monoisotopic (exact) mass is 345 g/mol. The summed E-state index contributed by atoms with van der Waals surface area (Å²) in [6, 6.07) is 12.0. The largest absolute Gasteiger partial charge is 0.283 e. The molecule has 2 aromatic carbocycles. The Labute approximate surface area is 144 Å². The number of benzene rings is 2. The second-order valence-electron chi connectivity index (χ2n) is 5.79. The van der Waals surface area contributed by atoms with Crippen molar-refractivity contribution in [3.63, 3.8) is 0 Å². The molecule has 0 amide bonds. The number of hydrogen-bond acceptors (Lipinski definition) is 3. The summed E-state index contributed by atoms with van der Waals surface area (Å²) in [5.74, 6) is -0.357. The van der Waals surface area contributed by atoms with Gasteiger partial charge in [-0.25, -0.2) is 9.07 Å². The van der Waals surface area contributed by atoms with Crippen LogP contribution in [0.15, 0.2) is 47.3 Å². The van der Waals surface area contributed by atoms with Crippen LogP contribution in [0.2, 0.25) is 5.02 Å². The lowest BCUT2D eigenvalue weighted by molar-refractivity contribution is 0.237. The lowest BCUT2D eigenvalue weighted by atomic mass is 10.1. The summed E-state index contributed by atoms with van der Waals surface area (Å²) in [6.07, 6.45) is 0. The number of halogens is 2. The van der Waals surface area contributed by atoms with Crippen LogP contribution in [-0.2, 0) is 13.2 Å². The maximum atomic E-state index is 13.9. The van der Waals surface area contributed by atoms with Gasteiger partial charge in [0, 0.05) is 22.5 Å². The average Bonchev–Trinajstić information content (AvgIpc) is 2.56. The van der Waals surface area contributed by atoms with Gasteiger partial charge in [-0.3, -0.25) is 9.69 Å². The Morgan fingerprint density at radius 3 is 2.58 bits per heavy atom.